The van der Waals surface area contributed by atoms with Crippen LogP contribution in [0.4, 0.5) is 0 Å². The molecule has 0 atom stereocenters. The largest absolute Gasteiger partial charge is 0.465 e. The first-order chi connectivity index (χ1) is 9.20. The summed E-state index contributed by atoms with van der Waals surface area (Å²) < 4.78 is 5.75. The predicted molar refractivity (Wildman–Crippen MR) is 71.8 cm³/mol. The third-order valence-corrected chi connectivity index (χ3v) is 3.03. The normalized spacial score (nSPS) is 11.2. The third kappa shape index (κ3) is 3.36. The zero-order valence-electron chi connectivity index (χ0n) is 11.4. The molecule has 0 saturated heterocycles. The second kappa shape index (κ2) is 6.04. The number of nitrogens with one attached hydrogen (secondary N) is 1. The van der Waals surface area contributed by atoms with E-state index in [1.807, 2.05) is 4.98 Å². The molecule has 0 spiro atoms. The van der Waals surface area contributed by atoms with Crippen LogP contribution in [0.5, 0.6) is 0 Å². The van der Waals surface area contributed by atoms with Gasteiger partial charge in [-0.05, 0) is 20.8 Å². The minimum atomic E-state index is -1.39. The van der Waals surface area contributed by atoms with Crippen LogP contribution in [0.3, 0.4) is 0 Å². The highest BCUT2D eigenvalue weighted by molar-refractivity contribution is 6.30. The van der Waals surface area contributed by atoms with Crippen molar-refractivity contribution < 1.29 is 14.3 Å². The quantitative estimate of drug-likeness (QED) is 0.625. The van der Waals surface area contributed by atoms with Crippen LogP contribution in [-0.2, 0) is 20.9 Å². The fraction of sp³-hybridized carbons (Fsp3) is 0.500. The Morgan fingerprint density at radius 1 is 1.40 bits per heavy atom. The van der Waals surface area contributed by atoms with Gasteiger partial charge in [-0.2, -0.15) is 0 Å². The number of carbonyl (C=O) groups excluding carboxylic acids is 2. The molecule has 1 N–H and O–H groups in total. The molecule has 8 heteroatoms. The second-order valence-electron chi connectivity index (χ2n) is 4.63. The fourth-order valence-corrected chi connectivity index (χ4v) is 1.54. The number of carbonyl (C=O) groups is 2. The molecule has 0 aliphatic rings. The second-order valence-corrected chi connectivity index (χ2v) is 5.04. The average molecular weight is 303 g/mol. The lowest BCUT2D eigenvalue weighted by molar-refractivity contribution is -0.158. The number of nitrogens with zero attached hydrogens (tertiary/aromatic N) is 1. The molecule has 0 aliphatic carbocycles. The number of hydrogen-bond donors (Lipinski definition) is 1. The monoisotopic (exact) mass is 302 g/mol. The first-order valence-corrected chi connectivity index (χ1v) is 6.27. The maximum atomic E-state index is 12.1. The predicted octanol–water partition coefficient (Wildman–Crippen LogP) is 0.348. The Labute approximate surface area is 119 Å². The zero-order chi connectivity index (χ0) is 15.5. The molecule has 110 valence electrons. The van der Waals surface area contributed by atoms with Crippen molar-refractivity contribution in [1.82, 2.24) is 9.55 Å². The molecule has 0 aliphatic heterocycles. The average Bonchev–Trinajstić information content (AvgIpc) is 2.36. The van der Waals surface area contributed by atoms with Crippen molar-refractivity contribution in [1.29, 1.82) is 0 Å². The molecule has 0 radical (unpaired) electrons. The minimum Gasteiger partial charge on any atom is -0.465 e. The van der Waals surface area contributed by atoms with Gasteiger partial charge in [-0.25, -0.2) is 4.79 Å². The van der Waals surface area contributed by atoms with E-state index in [0.717, 1.165) is 10.8 Å². The Kier molecular flexibility index (Phi) is 4.88. The number of hydrogen-bond acceptors (Lipinski definition) is 5. The van der Waals surface area contributed by atoms with E-state index in [0.29, 0.717) is 0 Å². The standard InChI is InChI=1S/C12H15ClN2O5/c1-4-20-10(18)12(2,3)8(16)6-15-5-7(13)9(17)14-11(15)19/h5H,4,6H2,1-3H3,(H,14,17,19). The SMILES string of the molecule is CCOC(=O)C(C)(C)C(=O)Cn1cc(Cl)c(=O)[nH]c1=O. The number of H-pyrrole nitrogens is 1. The Bertz CT molecular complexity index is 644. The Morgan fingerprint density at radius 2 is 2.00 bits per heavy atom. The van der Waals surface area contributed by atoms with Crippen LogP contribution in [0.1, 0.15) is 20.8 Å². The lowest BCUT2D eigenvalue weighted by atomic mass is 9.88. The first-order valence-electron chi connectivity index (χ1n) is 5.90. The van der Waals surface area contributed by atoms with E-state index >= 15 is 0 Å². The molecule has 0 fully saturated rings. The van der Waals surface area contributed by atoms with E-state index < -0.39 is 28.4 Å². The highest BCUT2D eigenvalue weighted by Crippen LogP contribution is 2.19. The van der Waals surface area contributed by atoms with Crippen molar-refractivity contribution in [3.8, 4) is 0 Å². The van der Waals surface area contributed by atoms with Crippen molar-refractivity contribution in [3.05, 3.63) is 32.1 Å². The molecule has 0 aromatic carbocycles. The summed E-state index contributed by atoms with van der Waals surface area (Å²) in [6.07, 6.45) is 1.06. The van der Waals surface area contributed by atoms with Gasteiger partial charge in [0, 0.05) is 6.20 Å². The number of ketones is 1. The Balaban J connectivity index is 3.02. The van der Waals surface area contributed by atoms with Crippen LogP contribution >= 0.6 is 11.6 Å². The smallest absolute Gasteiger partial charge is 0.328 e. The van der Waals surface area contributed by atoms with E-state index in [9.17, 15) is 19.2 Å². The van der Waals surface area contributed by atoms with Crippen molar-refractivity contribution in [3.63, 3.8) is 0 Å². The van der Waals surface area contributed by atoms with Gasteiger partial charge in [-0.3, -0.25) is 23.9 Å². The number of esters is 1. The van der Waals surface area contributed by atoms with E-state index in [1.54, 1.807) is 6.92 Å². The van der Waals surface area contributed by atoms with Gasteiger partial charge in [-0.1, -0.05) is 11.6 Å². The summed E-state index contributed by atoms with van der Waals surface area (Å²) in [5.41, 5.74) is -2.89. The van der Waals surface area contributed by atoms with Crippen molar-refractivity contribution in [2.75, 3.05) is 6.61 Å². The van der Waals surface area contributed by atoms with Crippen LogP contribution in [0.25, 0.3) is 0 Å². The summed E-state index contributed by atoms with van der Waals surface area (Å²) in [7, 11) is 0. The number of Topliss-reactive ketones (excluding diaryl/α,β-unsaturated/α-hetero) is 1. The number of aromatic nitrogens is 2. The molecule has 7 nitrogen and oxygen atoms in total. The van der Waals surface area contributed by atoms with Gasteiger partial charge in [-0.15, -0.1) is 0 Å². The van der Waals surface area contributed by atoms with Crippen LogP contribution in [0, 0.1) is 5.41 Å². The van der Waals surface area contributed by atoms with E-state index in [2.05, 4.69) is 0 Å². The summed E-state index contributed by atoms with van der Waals surface area (Å²) in [5, 5.41) is -0.216. The fourth-order valence-electron chi connectivity index (χ4n) is 1.38. The maximum Gasteiger partial charge on any atom is 0.328 e. The third-order valence-electron chi connectivity index (χ3n) is 2.76. The molecule has 1 aromatic heterocycles. The summed E-state index contributed by atoms with van der Waals surface area (Å²) >= 11 is 5.59. The lowest BCUT2D eigenvalue weighted by Gasteiger charge is -2.21. The maximum absolute atomic E-state index is 12.1. The molecular weight excluding hydrogens is 288 g/mol. The van der Waals surface area contributed by atoms with Crippen LogP contribution < -0.4 is 11.2 Å². The lowest BCUT2D eigenvalue weighted by Crippen LogP contribution is -2.40. The van der Waals surface area contributed by atoms with Crippen molar-refractivity contribution in [2.45, 2.75) is 27.3 Å². The van der Waals surface area contributed by atoms with Gasteiger partial charge in [0.1, 0.15) is 10.4 Å². The van der Waals surface area contributed by atoms with Crippen molar-refractivity contribution in [2.24, 2.45) is 5.41 Å². The first kappa shape index (κ1) is 16.2. The summed E-state index contributed by atoms with van der Waals surface area (Å²) in [5.74, 6) is -1.20. The number of rotatable bonds is 5. The van der Waals surface area contributed by atoms with Gasteiger partial charge >= 0.3 is 11.7 Å². The molecule has 1 heterocycles. The molecule has 0 bridgehead atoms. The van der Waals surface area contributed by atoms with Gasteiger partial charge in [0.05, 0.1) is 13.2 Å². The van der Waals surface area contributed by atoms with Gasteiger partial charge in [0.15, 0.2) is 5.78 Å². The molecule has 0 saturated carbocycles. The number of ether oxygens (including phenoxy) is 1. The van der Waals surface area contributed by atoms with Gasteiger partial charge in [0.25, 0.3) is 5.56 Å². The molecule has 1 aromatic rings. The molecule has 1 rings (SSSR count). The number of aromatic amines is 1. The molecule has 0 unspecified atom stereocenters. The van der Waals surface area contributed by atoms with Crippen LogP contribution in [0.2, 0.25) is 5.02 Å². The van der Waals surface area contributed by atoms with E-state index in [-0.39, 0.29) is 18.2 Å². The van der Waals surface area contributed by atoms with Crippen molar-refractivity contribution >= 4 is 23.4 Å². The summed E-state index contributed by atoms with van der Waals surface area (Å²) in [4.78, 5) is 48.4. The molecule has 0 amide bonds. The summed E-state index contributed by atoms with van der Waals surface area (Å²) in [6.45, 7) is 4.21. The minimum absolute atomic E-state index is 0.153. The highest BCUT2D eigenvalue weighted by atomic mass is 35.5. The Morgan fingerprint density at radius 3 is 2.55 bits per heavy atom. The molecular formula is C12H15ClN2O5. The van der Waals surface area contributed by atoms with E-state index in [1.165, 1.54) is 13.8 Å². The topological polar surface area (TPSA) is 98.2 Å². The summed E-state index contributed by atoms with van der Waals surface area (Å²) in [6, 6.07) is 0. The van der Waals surface area contributed by atoms with Crippen LogP contribution in [0.15, 0.2) is 15.8 Å². The van der Waals surface area contributed by atoms with Crippen LogP contribution in [-0.4, -0.2) is 27.9 Å². The highest BCUT2D eigenvalue weighted by Gasteiger charge is 2.37. The molecule has 20 heavy (non-hydrogen) atoms. The zero-order valence-corrected chi connectivity index (χ0v) is 12.1. The van der Waals surface area contributed by atoms with E-state index in [4.69, 9.17) is 16.3 Å². The number of halogens is 1. The van der Waals surface area contributed by atoms with Gasteiger partial charge in [0.2, 0.25) is 0 Å². The van der Waals surface area contributed by atoms with Gasteiger partial charge < -0.3 is 4.74 Å². The Hall–Kier alpha value is -1.89.